The first-order valence-corrected chi connectivity index (χ1v) is 16.8. The maximum absolute atomic E-state index is 13.9. The number of nitrogens with zero attached hydrogens (tertiary/aromatic N) is 4. The molecule has 2 N–H and O–H groups in total. The summed E-state index contributed by atoms with van der Waals surface area (Å²) in [6.45, 7) is 3.39. The van der Waals surface area contributed by atoms with Crippen molar-refractivity contribution >= 4 is 34.7 Å². The Kier molecular flexibility index (Phi) is 9.98. The van der Waals surface area contributed by atoms with Gasteiger partial charge in [0.2, 0.25) is 29.5 Å². The first kappa shape index (κ1) is 32.4. The van der Waals surface area contributed by atoms with Crippen LogP contribution >= 0.6 is 0 Å². The largest absolute Gasteiger partial charge is 0.480 e. The number of hydrogen-bond donors (Lipinski definition) is 2. The molecule has 4 heterocycles. The van der Waals surface area contributed by atoms with Crippen LogP contribution in [0.1, 0.15) is 56.7 Å². The molecule has 3 aliphatic heterocycles. The molecule has 11 nitrogen and oxygen atoms in total. The summed E-state index contributed by atoms with van der Waals surface area (Å²) in [4.78, 5) is 66.9. The van der Waals surface area contributed by atoms with Gasteiger partial charge in [0.1, 0.15) is 17.8 Å². The molecule has 3 saturated heterocycles. The highest BCUT2D eigenvalue weighted by Crippen LogP contribution is 2.36. The number of aromatic nitrogens is 2. The molecule has 11 heteroatoms. The van der Waals surface area contributed by atoms with Gasteiger partial charge in [0, 0.05) is 44.9 Å². The number of carbonyl (C=O) groups is 4. The fourth-order valence-corrected chi connectivity index (χ4v) is 7.49. The van der Waals surface area contributed by atoms with Crippen LogP contribution in [0.2, 0.25) is 0 Å². The van der Waals surface area contributed by atoms with Crippen LogP contribution in [0.3, 0.4) is 0 Å². The van der Waals surface area contributed by atoms with Gasteiger partial charge in [0.25, 0.3) is 0 Å². The highest BCUT2D eigenvalue weighted by atomic mass is 16.5. The molecule has 47 heavy (non-hydrogen) atoms. The Hall–Kier alpha value is -4.54. The van der Waals surface area contributed by atoms with Gasteiger partial charge in [0.15, 0.2) is 0 Å². The van der Waals surface area contributed by atoms with E-state index in [9.17, 15) is 19.2 Å². The van der Waals surface area contributed by atoms with Crippen LogP contribution in [-0.4, -0.2) is 88.3 Å². The van der Waals surface area contributed by atoms with Gasteiger partial charge in [-0.15, -0.1) is 0 Å². The zero-order valence-electron chi connectivity index (χ0n) is 27.2. The van der Waals surface area contributed by atoms with Crippen molar-refractivity contribution in [2.24, 2.45) is 11.8 Å². The molecule has 0 aliphatic carbocycles. The van der Waals surface area contributed by atoms with E-state index in [0.717, 1.165) is 23.0 Å². The zero-order chi connectivity index (χ0) is 32.9. The molecule has 248 valence electrons. The fourth-order valence-electron chi connectivity index (χ4n) is 7.49. The van der Waals surface area contributed by atoms with Crippen molar-refractivity contribution in [3.63, 3.8) is 0 Å². The molecule has 6 rings (SSSR count). The van der Waals surface area contributed by atoms with Crippen LogP contribution in [0.4, 0.5) is 0 Å². The van der Waals surface area contributed by atoms with Gasteiger partial charge >= 0.3 is 0 Å². The summed E-state index contributed by atoms with van der Waals surface area (Å²) >= 11 is 0. The van der Waals surface area contributed by atoms with E-state index in [1.54, 1.807) is 14.0 Å². The van der Waals surface area contributed by atoms with Crippen molar-refractivity contribution in [3.8, 4) is 5.88 Å². The summed E-state index contributed by atoms with van der Waals surface area (Å²) in [5.41, 5.74) is 3.25. The molecule has 2 bridgehead atoms. The summed E-state index contributed by atoms with van der Waals surface area (Å²) in [7, 11) is 1.56. The average molecular weight is 641 g/mol. The lowest BCUT2D eigenvalue weighted by atomic mass is 9.77. The number of methoxy groups -OCH3 is 1. The number of ether oxygens (including phenoxy) is 1. The summed E-state index contributed by atoms with van der Waals surface area (Å²) in [5, 5.41) is 5.83. The molecule has 2 aromatic carbocycles. The number of carbonyl (C=O) groups excluding carboxylic acids is 4. The Morgan fingerprint density at radius 3 is 2.45 bits per heavy atom. The van der Waals surface area contributed by atoms with Crippen molar-refractivity contribution in [2.45, 2.75) is 76.4 Å². The Morgan fingerprint density at radius 2 is 1.68 bits per heavy atom. The molecule has 0 spiro atoms. The third kappa shape index (κ3) is 7.55. The molecule has 3 fully saturated rings. The highest BCUT2D eigenvalue weighted by Gasteiger charge is 2.44. The number of piperidine rings is 2. The smallest absolute Gasteiger partial charge is 0.245 e. The molecule has 3 aromatic rings. The topological polar surface area (TPSA) is 134 Å². The van der Waals surface area contributed by atoms with E-state index >= 15 is 0 Å². The molecule has 3 aliphatic rings. The molecule has 1 aromatic heterocycles. The second-order valence-corrected chi connectivity index (χ2v) is 13.2. The van der Waals surface area contributed by atoms with E-state index in [2.05, 4.69) is 15.6 Å². The number of fused-ring (bicyclic) bond motifs is 5. The lowest BCUT2D eigenvalue weighted by molar-refractivity contribution is -0.148. The Bertz CT molecular complexity index is 1620. The summed E-state index contributed by atoms with van der Waals surface area (Å²) in [6, 6.07) is 15.9. The summed E-state index contributed by atoms with van der Waals surface area (Å²) in [5.74, 6) is 0.116. The first-order valence-electron chi connectivity index (χ1n) is 16.8. The van der Waals surface area contributed by atoms with E-state index < -0.39 is 12.1 Å². The molecule has 5 atom stereocenters. The van der Waals surface area contributed by atoms with Gasteiger partial charge in [0.05, 0.1) is 18.1 Å². The molecular formula is C36H44N6O5. The van der Waals surface area contributed by atoms with Crippen LogP contribution in [0.5, 0.6) is 5.88 Å². The van der Waals surface area contributed by atoms with Crippen LogP contribution in [0, 0.1) is 11.8 Å². The first-order chi connectivity index (χ1) is 22.8. The zero-order valence-corrected chi connectivity index (χ0v) is 27.2. The number of amides is 4. The van der Waals surface area contributed by atoms with Crippen LogP contribution in [-0.2, 0) is 32.0 Å². The van der Waals surface area contributed by atoms with E-state index in [1.807, 2.05) is 64.4 Å². The van der Waals surface area contributed by atoms with Crippen molar-refractivity contribution in [2.75, 3.05) is 26.7 Å². The van der Waals surface area contributed by atoms with Crippen LogP contribution < -0.4 is 15.4 Å². The molecule has 0 saturated carbocycles. The van der Waals surface area contributed by atoms with Gasteiger partial charge in [-0.3, -0.25) is 19.2 Å². The van der Waals surface area contributed by atoms with Crippen molar-refractivity contribution < 1.29 is 23.9 Å². The lowest BCUT2D eigenvalue weighted by Gasteiger charge is -2.51. The van der Waals surface area contributed by atoms with Gasteiger partial charge in [-0.2, -0.15) is 0 Å². The maximum atomic E-state index is 13.9. The van der Waals surface area contributed by atoms with Crippen molar-refractivity contribution in [3.05, 3.63) is 65.9 Å². The van der Waals surface area contributed by atoms with Crippen molar-refractivity contribution in [1.29, 1.82) is 0 Å². The lowest BCUT2D eigenvalue weighted by Crippen LogP contribution is -2.63. The number of para-hydroxylation sites is 2. The average Bonchev–Trinajstić information content (AvgIpc) is 3.08. The van der Waals surface area contributed by atoms with Crippen LogP contribution in [0.25, 0.3) is 11.0 Å². The number of hydrogen-bond acceptors (Lipinski definition) is 7. The van der Waals surface area contributed by atoms with E-state index in [4.69, 9.17) is 9.72 Å². The van der Waals surface area contributed by atoms with Gasteiger partial charge < -0.3 is 25.2 Å². The van der Waals surface area contributed by atoms with Crippen molar-refractivity contribution in [1.82, 2.24) is 30.4 Å². The quantitative estimate of drug-likeness (QED) is 0.406. The second kappa shape index (κ2) is 14.5. The number of aryl methyl sites for hydroxylation is 2. The van der Waals surface area contributed by atoms with Gasteiger partial charge in [-0.1, -0.05) is 42.5 Å². The monoisotopic (exact) mass is 640 g/mol. The molecule has 0 unspecified atom stereocenters. The van der Waals surface area contributed by atoms with Gasteiger partial charge in [-0.25, -0.2) is 9.97 Å². The number of benzene rings is 2. The fraction of sp³-hybridized carbons (Fsp3) is 0.500. The minimum Gasteiger partial charge on any atom is -0.480 e. The standard InChI is InChI=1S/C36H44N6O5/c1-23-36(46)42-21-25-19-26(22-41(20-25)33(44)18-17-30-35(47-2)40-28-12-7-6-11-27(28)38-30)31(42)13-8-14-32(43)39-29(34(45)37-23)16-15-24-9-4-3-5-10-24/h3-7,9-12,23,25-26,29,31H,8,13-22H2,1-2H3,(H,37,45)(H,39,43)/t23-,25+,26-,29+,31+/m1/s1. The summed E-state index contributed by atoms with van der Waals surface area (Å²) < 4.78 is 5.49. The second-order valence-electron chi connectivity index (χ2n) is 13.2. The van der Waals surface area contributed by atoms with Gasteiger partial charge in [-0.05, 0) is 68.6 Å². The van der Waals surface area contributed by atoms with E-state index in [-0.39, 0.29) is 54.3 Å². The molecule has 4 amide bonds. The summed E-state index contributed by atoms with van der Waals surface area (Å²) in [6.07, 6.45) is 4.24. The predicted molar refractivity (Wildman–Crippen MR) is 176 cm³/mol. The van der Waals surface area contributed by atoms with Crippen LogP contribution in [0.15, 0.2) is 54.6 Å². The third-order valence-corrected chi connectivity index (χ3v) is 9.83. The molecular weight excluding hydrogens is 596 g/mol. The Balaban J connectivity index is 1.11. The Labute approximate surface area is 275 Å². The molecule has 0 radical (unpaired) electrons. The predicted octanol–water partition coefficient (Wildman–Crippen LogP) is 3.05. The minimum atomic E-state index is -0.727. The SMILES string of the molecule is COc1nc2ccccc2nc1CCC(=O)N1C[C@@H]2C[C@H](C1)[C@@H]1CCCC(=O)N[C@@H](CCc3ccccc3)C(=O)N[C@H](C)C(=O)N1C2. The number of rotatable bonds is 7. The Morgan fingerprint density at radius 1 is 0.936 bits per heavy atom. The third-order valence-electron chi connectivity index (χ3n) is 9.83. The minimum absolute atomic E-state index is 0.0474. The number of likely N-dealkylation sites (tertiary alicyclic amines) is 1. The maximum Gasteiger partial charge on any atom is 0.245 e. The van der Waals surface area contributed by atoms with E-state index in [1.165, 1.54) is 0 Å². The van der Waals surface area contributed by atoms with E-state index in [0.29, 0.717) is 63.3 Å². The normalized spacial score (nSPS) is 25.2. The number of nitrogens with one attached hydrogen (secondary N) is 2. The highest BCUT2D eigenvalue weighted by molar-refractivity contribution is 5.92.